The van der Waals surface area contributed by atoms with Crippen LogP contribution in [0, 0.1) is 13.8 Å². The topological polar surface area (TPSA) is 35.5 Å². The molecule has 0 radical (unpaired) electrons. The summed E-state index contributed by atoms with van der Waals surface area (Å²) in [6.45, 7) is 5.52. The molecule has 0 spiro atoms. The van der Waals surface area contributed by atoms with Gasteiger partial charge in [-0.25, -0.2) is 0 Å². The van der Waals surface area contributed by atoms with Gasteiger partial charge in [-0.1, -0.05) is 0 Å². The Morgan fingerprint density at radius 3 is 2.20 bits per heavy atom. The fourth-order valence-electron chi connectivity index (χ4n) is 1.50. The first-order valence-electron chi connectivity index (χ1n) is 4.82. The number of ketones is 1. The van der Waals surface area contributed by atoms with Gasteiger partial charge in [-0.3, -0.25) is 4.79 Å². The van der Waals surface area contributed by atoms with Crippen LogP contribution in [0.25, 0.3) is 0 Å². The summed E-state index contributed by atoms with van der Waals surface area (Å²) in [6, 6.07) is 3.74. The highest BCUT2D eigenvalue weighted by Crippen LogP contribution is 2.27. The first-order chi connectivity index (χ1) is 7.04. The van der Waals surface area contributed by atoms with Gasteiger partial charge >= 0.3 is 0 Å². The maximum atomic E-state index is 10.8. The summed E-state index contributed by atoms with van der Waals surface area (Å²) in [5, 5.41) is 0. The summed E-state index contributed by atoms with van der Waals surface area (Å²) in [4.78, 5) is 10.8. The Morgan fingerprint density at radius 2 is 1.80 bits per heavy atom. The molecule has 0 aromatic heterocycles. The van der Waals surface area contributed by atoms with E-state index >= 15 is 0 Å². The number of hydrogen-bond acceptors (Lipinski definition) is 3. The fraction of sp³-hybridized carbons (Fsp3) is 0.417. The second-order valence-electron chi connectivity index (χ2n) is 3.58. The van der Waals surface area contributed by atoms with Gasteiger partial charge < -0.3 is 9.47 Å². The highest BCUT2D eigenvalue weighted by molar-refractivity contribution is 5.77. The van der Waals surface area contributed by atoms with E-state index in [-0.39, 0.29) is 12.4 Å². The Balaban J connectivity index is 2.88. The van der Waals surface area contributed by atoms with Gasteiger partial charge in [0.2, 0.25) is 0 Å². The van der Waals surface area contributed by atoms with E-state index in [0.29, 0.717) is 5.75 Å². The summed E-state index contributed by atoms with van der Waals surface area (Å²) < 4.78 is 10.6. The molecule has 0 amide bonds. The van der Waals surface area contributed by atoms with E-state index in [1.807, 2.05) is 26.0 Å². The minimum Gasteiger partial charge on any atom is -0.496 e. The summed E-state index contributed by atoms with van der Waals surface area (Å²) in [5.74, 6) is 1.59. The molecule has 0 fully saturated rings. The molecule has 3 heteroatoms. The van der Waals surface area contributed by atoms with E-state index in [0.717, 1.165) is 16.9 Å². The Hall–Kier alpha value is -1.51. The number of methoxy groups -OCH3 is 1. The third-order valence-corrected chi connectivity index (χ3v) is 2.08. The number of hydrogen-bond donors (Lipinski definition) is 0. The molecule has 0 aliphatic carbocycles. The third kappa shape index (κ3) is 2.98. The van der Waals surface area contributed by atoms with E-state index in [4.69, 9.17) is 9.47 Å². The van der Waals surface area contributed by atoms with E-state index < -0.39 is 0 Å². The zero-order chi connectivity index (χ0) is 11.4. The molecule has 0 bridgehead atoms. The van der Waals surface area contributed by atoms with E-state index in [1.54, 1.807) is 7.11 Å². The highest BCUT2D eigenvalue weighted by atomic mass is 16.5. The molecule has 0 unspecified atom stereocenters. The van der Waals surface area contributed by atoms with E-state index in [2.05, 4.69) is 0 Å². The molecule has 1 aromatic rings. The molecule has 0 saturated carbocycles. The Kier molecular flexibility index (Phi) is 3.72. The first kappa shape index (κ1) is 11.6. The summed E-state index contributed by atoms with van der Waals surface area (Å²) >= 11 is 0. The molecular weight excluding hydrogens is 192 g/mol. The lowest BCUT2D eigenvalue weighted by Crippen LogP contribution is -2.07. The molecular formula is C12H16O3. The van der Waals surface area contributed by atoms with Crippen molar-refractivity contribution in [3.05, 3.63) is 23.3 Å². The molecule has 0 atom stereocenters. The summed E-state index contributed by atoms with van der Waals surface area (Å²) in [6.07, 6.45) is 0. The maximum absolute atomic E-state index is 10.8. The van der Waals surface area contributed by atoms with Crippen LogP contribution < -0.4 is 9.47 Å². The van der Waals surface area contributed by atoms with Crippen LogP contribution in [0.15, 0.2) is 12.1 Å². The van der Waals surface area contributed by atoms with Gasteiger partial charge in [0.15, 0.2) is 5.78 Å². The molecule has 1 aromatic carbocycles. The van der Waals surface area contributed by atoms with Crippen LogP contribution in [-0.2, 0) is 4.79 Å². The van der Waals surface area contributed by atoms with Crippen molar-refractivity contribution in [3.63, 3.8) is 0 Å². The van der Waals surface area contributed by atoms with Gasteiger partial charge in [0.25, 0.3) is 0 Å². The minimum atomic E-state index is 0.0149. The van der Waals surface area contributed by atoms with Crippen LogP contribution in [0.5, 0.6) is 11.5 Å². The lowest BCUT2D eigenvalue weighted by molar-refractivity contribution is -0.118. The molecule has 0 heterocycles. The Morgan fingerprint density at radius 1 is 1.27 bits per heavy atom. The van der Waals surface area contributed by atoms with Gasteiger partial charge in [0.05, 0.1) is 7.11 Å². The molecule has 0 aliphatic heterocycles. The smallest absolute Gasteiger partial charge is 0.167 e. The second kappa shape index (κ2) is 4.82. The number of carbonyl (C=O) groups is 1. The molecule has 0 N–H and O–H groups in total. The highest BCUT2D eigenvalue weighted by Gasteiger charge is 2.06. The van der Waals surface area contributed by atoms with Crippen LogP contribution in [0.4, 0.5) is 0 Å². The van der Waals surface area contributed by atoms with Crippen LogP contribution >= 0.6 is 0 Å². The average molecular weight is 208 g/mol. The number of benzene rings is 1. The standard InChI is InChI=1S/C12H16O3/c1-8-5-11(15-7-10(3)13)6-9(2)12(8)14-4/h5-6H,7H2,1-4H3. The Bertz CT molecular complexity index is 346. The van der Waals surface area contributed by atoms with Crippen LogP contribution in [-0.4, -0.2) is 19.5 Å². The molecule has 82 valence electrons. The van der Waals surface area contributed by atoms with Crippen molar-refractivity contribution in [1.82, 2.24) is 0 Å². The molecule has 15 heavy (non-hydrogen) atoms. The van der Waals surface area contributed by atoms with Gasteiger partial charge in [0.1, 0.15) is 18.1 Å². The van der Waals surface area contributed by atoms with E-state index in [9.17, 15) is 4.79 Å². The molecule has 3 nitrogen and oxygen atoms in total. The van der Waals surface area contributed by atoms with Crippen molar-refractivity contribution in [1.29, 1.82) is 0 Å². The summed E-state index contributed by atoms with van der Waals surface area (Å²) in [5.41, 5.74) is 2.02. The number of rotatable bonds is 4. The van der Waals surface area contributed by atoms with Crippen LogP contribution in [0.1, 0.15) is 18.1 Å². The molecule has 1 rings (SSSR count). The van der Waals surface area contributed by atoms with Crippen molar-refractivity contribution in [2.75, 3.05) is 13.7 Å². The normalized spacial score (nSPS) is 9.87. The number of aryl methyl sites for hydroxylation is 2. The van der Waals surface area contributed by atoms with Crippen molar-refractivity contribution < 1.29 is 14.3 Å². The predicted octanol–water partition coefficient (Wildman–Crippen LogP) is 2.28. The lowest BCUT2D eigenvalue weighted by Gasteiger charge is -2.11. The number of Topliss-reactive ketones (excluding diaryl/α,β-unsaturated/α-hetero) is 1. The monoisotopic (exact) mass is 208 g/mol. The lowest BCUT2D eigenvalue weighted by atomic mass is 10.1. The largest absolute Gasteiger partial charge is 0.496 e. The Labute approximate surface area is 90.0 Å². The first-order valence-corrected chi connectivity index (χ1v) is 4.82. The van der Waals surface area contributed by atoms with Gasteiger partial charge in [-0.05, 0) is 44.0 Å². The van der Waals surface area contributed by atoms with E-state index in [1.165, 1.54) is 6.92 Å². The third-order valence-electron chi connectivity index (χ3n) is 2.08. The SMILES string of the molecule is COc1c(C)cc(OCC(C)=O)cc1C. The van der Waals surface area contributed by atoms with Crippen molar-refractivity contribution in [2.45, 2.75) is 20.8 Å². The predicted molar refractivity (Wildman–Crippen MR) is 58.6 cm³/mol. The average Bonchev–Trinajstić information content (AvgIpc) is 2.14. The van der Waals surface area contributed by atoms with Gasteiger partial charge in [0, 0.05) is 0 Å². The second-order valence-corrected chi connectivity index (χ2v) is 3.58. The quantitative estimate of drug-likeness (QED) is 0.761. The van der Waals surface area contributed by atoms with Crippen LogP contribution in [0.2, 0.25) is 0 Å². The van der Waals surface area contributed by atoms with Gasteiger partial charge in [-0.15, -0.1) is 0 Å². The fourth-order valence-corrected chi connectivity index (χ4v) is 1.50. The van der Waals surface area contributed by atoms with Crippen molar-refractivity contribution in [2.24, 2.45) is 0 Å². The zero-order valence-corrected chi connectivity index (χ0v) is 9.59. The summed E-state index contributed by atoms with van der Waals surface area (Å²) in [7, 11) is 1.64. The van der Waals surface area contributed by atoms with Crippen molar-refractivity contribution >= 4 is 5.78 Å². The maximum Gasteiger partial charge on any atom is 0.167 e. The van der Waals surface area contributed by atoms with Gasteiger partial charge in [-0.2, -0.15) is 0 Å². The number of ether oxygens (including phenoxy) is 2. The van der Waals surface area contributed by atoms with Crippen molar-refractivity contribution in [3.8, 4) is 11.5 Å². The molecule has 0 aliphatic rings. The van der Waals surface area contributed by atoms with Crippen LogP contribution in [0.3, 0.4) is 0 Å². The zero-order valence-electron chi connectivity index (χ0n) is 9.59. The number of carbonyl (C=O) groups excluding carboxylic acids is 1. The molecule has 0 saturated heterocycles. The minimum absolute atomic E-state index is 0.0149.